The average molecular weight is 371 g/mol. The molecule has 1 aromatic heterocycles. The van der Waals surface area contributed by atoms with E-state index < -0.39 is 0 Å². The number of para-hydroxylation sites is 3. The Bertz CT molecular complexity index is 1080. The van der Waals surface area contributed by atoms with Crippen LogP contribution in [0.5, 0.6) is 17.2 Å². The summed E-state index contributed by atoms with van der Waals surface area (Å²) in [7, 11) is 1.64. The van der Waals surface area contributed by atoms with Gasteiger partial charge in [0, 0.05) is 5.39 Å². The number of hydrogen-bond acceptors (Lipinski definition) is 4. The Morgan fingerprint density at radius 3 is 2.43 bits per heavy atom. The molecule has 1 heterocycles. The zero-order chi connectivity index (χ0) is 19.2. The monoisotopic (exact) mass is 371 g/mol. The summed E-state index contributed by atoms with van der Waals surface area (Å²) < 4.78 is 17.1. The lowest BCUT2D eigenvalue weighted by Crippen LogP contribution is -2.00. The van der Waals surface area contributed by atoms with Gasteiger partial charge in [0.1, 0.15) is 19.0 Å². The fourth-order valence-corrected chi connectivity index (χ4v) is 2.97. The molecule has 0 bridgehead atoms. The smallest absolute Gasteiger partial charge is 0.161 e. The fraction of sp³-hybridized carbons (Fsp3) is 0.125. The van der Waals surface area contributed by atoms with Crippen LogP contribution in [-0.4, -0.2) is 12.1 Å². The Balaban J connectivity index is 1.40. The molecule has 0 saturated carbocycles. The third-order valence-corrected chi connectivity index (χ3v) is 4.40. The molecule has 4 aromatic rings. The minimum atomic E-state index is 0.418. The van der Waals surface area contributed by atoms with Crippen molar-refractivity contribution in [2.45, 2.75) is 13.2 Å². The van der Waals surface area contributed by atoms with E-state index in [0.717, 1.165) is 39.4 Å². The van der Waals surface area contributed by atoms with Crippen LogP contribution >= 0.6 is 0 Å². The van der Waals surface area contributed by atoms with E-state index in [1.807, 2.05) is 72.8 Å². The van der Waals surface area contributed by atoms with Crippen LogP contribution in [0, 0.1) is 0 Å². The average Bonchev–Trinajstić information content (AvgIpc) is 2.76. The van der Waals surface area contributed by atoms with E-state index in [1.165, 1.54) is 0 Å². The third-order valence-electron chi connectivity index (χ3n) is 4.40. The number of hydrogen-bond donors (Lipinski definition) is 0. The van der Waals surface area contributed by atoms with Crippen LogP contribution in [0.4, 0.5) is 0 Å². The molecular weight excluding hydrogens is 350 g/mol. The van der Waals surface area contributed by atoms with Gasteiger partial charge in [-0.05, 0) is 42.0 Å². The lowest BCUT2D eigenvalue weighted by atomic mass is 10.2. The van der Waals surface area contributed by atoms with E-state index in [4.69, 9.17) is 14.2 Å². The van der Waals surface area contributed by atoms with Gasteiger partial charge >= 0.3 is 0 Å². The molecule has 4 heteroatoms. The van der Waals surface area contributed by atoms with E-state index in [0.29, 0.717) is 13.2 Å². The van der Waals surface area contributed by atoms with Gasteiger partial charge in [-0.2, -0.15) is 0 Å². The lowest BCUT2D eigenvalue weighted by Gasteiger charge is -2.11. The van der Waals surface area contributed by atoms with E-state index in [1.54, 1.807) is 7.11 Å². The van der Waals surface area contributed by atoms with Crippen molar-refractivity contribution in [3.05, 3.63) is 96.2 Å². The van der Waals surface area contributed by atoms with Crippen molar-refractivity contribution in [1.82, 2.24) is 4.98 Å². The summed E-state index contributed by atoms with van der Waals surface area (Å²) in [6.45, 7) is 0.855. The number of nitrogens with zero attached hydrogens (tertiary/aromatic N) is 1. The molecule has 0 saturated heterocycles. The number of pyridine rings is 1. The van der Waals surface area contributed by atoms with E-state index >= 15 is 0 Å². The van der Waals surface area contributed by atoms with Crippen LogP contribution in [0.25, 0.3) is 10.9 Å². The Hall–Kier alpha value is -3.53. The first-order valence-electron chi connectivity index (χ1n) is 9.14. The quantitative estimate of drug-likeness (QED) is 0.436. The number of rotatable bonds is 7. The zero-order valence-electron chi connectivity index (χ0n) is 15.7. The van der Waals surface area contributed by atoms with Gasteiger partial charge in [0.05, 0.1) is 18.3 Å². The number of ether oxygens (including phenoxy) is 3. The lowest BCUT2D eigenvalue weighted by molar-refractivity contribution is 0.280. The third kappa shape index (κ3) is 4.23. The normalized spacial score (nSPS) is 10.6. The first-order chi connectivity index (χ1) is 13.8. The van der Waals surface area contributed by atoms with Gasteiger partial charge in [0.15, 0.2) is 11.5 Å². The molecule has 4 nitrogen and oxygen atoms in total. The van der Waals surface area contributed by atoms with Crippen molar-refractivity contribution in [1.29, 1.82) is 0 Å². The Morgan fingerprint density at radius 2 is 1.54 bits per heavy atom. The predicted octanol–water partition coefficient (Wildman–Crippen LogP) is 5.40. The second kappa shape index (κ2) is 8.44. The molecular formula is C24H21NO3. The molecule has 0 N–H and O–H groups in total. The molecule has 0 amide bonds. The van der Waals surface area contributed by atoms with Crippen LogP contribution in [0.2, 0.25) is 0 Å². The highest BCUT2D eigenvalue weighted by Crippen LogP contribution is 2.27. The van der Waals surface area contributed by atoms with Crippen LogP contribution in [-0.2, 0) is 13.2 Å². The molecule has 3 aromatic carbocycles. The van der Waals surface area contributed by atoms with Crippen LogP contribution in [0.15, 0.2) is 84.9 Å². The maximum Gasteiger partial charge on any atom is 0.161 e. The molecule has 28 heavy (non-hydrogen) atoms. The van der Waals surface area contributed by atoms with Gasteiger partial charge in [-0.3, -0.25) is 0 Å². The Labute approximate surface area is 164 Å². The summed E-state index contributed by atoms with van der Waals surface area (Å²) in [5.41, 5.74) is 2.90. The maximum atomic E-state index is 5.94. The largest absolute Gasteiger partial charge is 0.493 e. The van der Waals surface area contributed by atoms with E-state index in [9.17, 15) is 0 Å². The highest BCUT2D eigenvalue weighted by molar-refractivity contribution is 5.78. The second-order valence-corrected chi connectivity index (χ2v) is 6.37. The number of fused-ring (bicyclic) bond motifs is 1. The second-order valence-electron chi connectivity index (χ2n) is 6.37. The molecule has 0 aliphatic rings. The molecule has 0 unspecified atom stereocenters. The number of benzene rings is 3. The fourth-order valence-electron chi connectivity index (χ4n) is 2.97. The highest BCUT2D eigenvalue weighted by Gasteiger charge is 2.05. The zero-order valence-corrected chi connectivity index (χ0v) is 15.7. The topological polar surface area (TPSA) is 40.6 Å². The molecule has 0 aliphatic carbocycles. The first kappa shape index (κ1) is 17.9. The van der Waals surface area contributed by atoms with Crippen molar-refractivity contribution in [3.8, 4) is 17.2 Å². The number of methoxy groups -OCH3 is 1. The molecule has 0 atom stereocenters. The van der Waals surface area contributed by atoms with Gasteiger partial charge in [0.25, 0.3) is 0 Å². The Morgan fingerprint density at radius 1 is 0.714 bits per heavy atom. The van der Waals surface area contributed by atoms with Crippen molar-refractivity contribution < 1.29 is 14.2 Å². The SMILES string of the molecule is COc1ccccc1OCc1cccc(OCc2ccc3ccccc3n2)c1. The summed E-state index contributed by atoms with van der Waals surface area (Å²) in [4.78, 5) is 4.64. The van der Waals surface area contributed by atoms with Crippen LogP contribution < -0.4 is 14.2 Å². The summed E-state index contributed by atoms with van der Waals surface area (Å²) in [6.07, 6.45) is 0. The van der Waals surface area contributed by atoms with Crippen molar-refractivity contribution in [2.24, 2.45) is 0 Å². The van der Waals surface area contributed by atoms with Gasteiger partial charge in [0.2, 0.25) is 0 Å². The summed E-state index contributed by atoms with van der Waals surface area (Å²) in [6, 6.07) is 27.6. The molecule has 0 fully saturated rings. The maximum absolute atomic E-state index is 5.94. The molecule has 140 valence electrons. The first-order valence-corrected chi connectivity index (χ1v) is 9.14. The van der Waals surface area contributed by atoms with Crippen molar-refractivity contribution in [3.63, 3.8) is 0 Å². The Kier molecular flexibility index (Phi) is 5.38. The van der Waals surface area contributed by atoms with Gasteiger partial charge in [-0.1, -0.05) is 48.5 Å². The molecule has 0 radical (unpaired) electrons. The summed E-state index contributed by atoms with van der Waals surface area (Å²) >= 11 is 0. The van der Waals surface area contributed by atoms with E-state index in [-0.39, 0.29) is 0 Å². The predicted molar refractivity (Wildman–Crippen MR) is 110 cm³/mol. The minimum absolute atomic E-state index is 0.418. The van der Waals surface area contributed by atoms with Crippen LogP contribution in [0.1, 0.15) is 11.3 Å². The molecule has 4 rings (SSSR count). The standard InChI is InChI=1S/C24H21NO3/c1-26-23-11-4-5-12-24(23)28-16-18-7-6-9-21(15-18)27-17-20-14-13-19-8-2-3-10-22(19)25-20/h2-15H,16-17H2,1H3. The van der Waals surface area contributed by atoms with E-state index in [2.05, 4.69) is 17.1 Å². The molecule has 0 aliphatic heterocycles. The summed E-state index contributed by atoms with van der Waals surface area (Å²) in [5.74, 6) is 2.23. The highest BCUT2D eigenvalue weighted by atomic mass is 16.5. The minimum Gasteiger partial charge on any atom is -0.493 e. The van der Waals surface area contributed by atoms with Gasteiger partial charge in [-0.15, -0.1) is 0 Å². The van der Waals surface area contributed by atoms with Gasteiger partial charge in [-0.25, -0.2) is 4.98 Å². The number of aromatic nitrogens is 1. The van der Waals surface area contributed by atoms with Gasteiger partial charge < -0.3 is 14.2 Å². The van der Waals surface area contributed by atoms with Crippen LogP contribution in [0.3, 0.4) is 0 Å². The van der Waals surface area contributed by atoms with Crippen molar-refractivity contribution in [2.75, 3.05) is 7.11 Å². The molecule has 0 spiro atoms. The van der Waals surface area contributed by atoms with Crippen molar-refractivity contribution >= 4 is 10.9 Å². The summed E-state index contributed by atoms with van der Waals surface area (Å²) in [5, 5.41) is 1.13.